The molecule has 0 saturated heterocycles. The second-order valence-electron chi connectivity index (χ2n) is 3.72. The monoisotopic (exact) mass is 370 g/mol. The van der Waals surface area contributed by atoms with Crippen molar-refractivity contribution < 1.29 is 9.18 Å². The lowest BCUT2D eigenvalue weighted by molar-refractivity contribution is 0.102. The Kier molecular flexibility index (Phi) is 3.80. The number of halogens is 2. The number of hydrogen-bond acceptors (Lipinski definition) is 3. The summed E-state index contributed by atoms with van der Waals surface area (Å²) in [4.78, 5) is 12.1. The van der Waals surface area contributed by atoms with Gasteiger partial charge in [0.25, 0.3) is 5.91 Å². The van der Waals surface area contributed by atoms with Crippen molar-refractivity contribution in [1.29, 1.82) is 5.26 Å². The molecule has 0 atom stereocenters. The number of carbonyl (C=O) groups is 1. The number of aryl methyl sites for hydroxylation is 1. The van der Waals surface area contributed by atoms with E-state index in [1.807, 2.05) is 28.7 Å². The van der Waals surface area contributed by atoms with Crippen molar-refractivity contribution in [2.45, 2.75) is 0 Å². The summed E-state index contributed by atoms with van der Waals surface area (Å²) in [6, 6.07) is 5.82. The Labute approximate surface area is 122 Å². The van der Waals surface area contributed by atoms with Crippen LogP contribution in [0.2, 0.25) is 0 Å². The maximum absolute atomic E-state index is 13.0. The van der Waals surface area contributed by atoms with Crippen LogP contribution in [0.4, 0.5) is 10.2 Å². The zero-order valence-corrected chi connectivity index (χ0v) is 12.0. The van der Waals surface area contributed by atoms with Gasteiger partial charge in [0.1, 0.15) is 23.3 Å². The molecule has 19 heavy (non-hydrogen) atoms. The summed E-state index contributed by atoms with van der Waals surface area (Å²) in [7, 11) is 1.62. The highest BCUT2D eigenvalue weighted by molar-refractivity contribution is 14.1. The van der Waals surface area contributed by atoms with Crippen LogP contribution in [0.15, 0.2) is 24.4 Å². The fraction of sp³-hybridized carbons (Fsp3) is 0.0833. The maximum atomic E-state index is 13.0. The summed E-state index contributed by atoms with van der Waals surface area (Å²) in [6.45, 7) is 0. The fourth-order valence-electron chi connectivity index (χ4n) is 1.52. The summed E-state index contributed by atoms with van der Waals surface area (Å²) in [5, 5.41) is 15.4. The van der Waals surface area contributed by atoms with E-state index in [4.69, 9.17) is 5.26 Å². The minimum absolute atomic E-state index is 0.271. The number of hydrogen-bond donors (Lipinski definition) is 1. The first kappa shape index (κ1) is 13.5. The molecule has 0 aliphatic heterocycles. The van der Waals surface area contributed by atoms with Crippen LogP contribution < -0.4 is 5.32 Å². The highest BCUT2D eigenvalue weighted by Gasteiger charge is 2.15. The molecule has 1 aromatic carbocycles. The highest BCUT2D eigenvalue weighted by Crippen LogP contribution is 2.18. The van der Waals surface area contributed by atoms with Gasteiger partial charge >= 0.3 is 0 Å². The molecule has 1 heterocycles. The van der Waals surface area contributed by atoms with Gasteiger partial charge in [-0.15, -0.1) is 0 Å². The van der Waals surface area contributed by atoms with E-state index >= 15 is 0 Å². The molecule has 1 amide bonds. The van der Waals surface area contributed by atoms with Crippen molar-refractivity contribution >= 4 is 34.3 Å². The third-order valence-corrected chi connectivity index (χ3v) is 3.36. The molecule has 2 rings (SSSR count). The van der Waals surface area contributed by atoms with Crippen molar-refractivity contribution in [1.82, 2.24) is 9.78 Å². The summed E-state index contributed by atoms with van der Waals surface area (Å²) in [6.07, 6.45) is 1.37. The summed E-state index contributed by atoms with van der Waals surface area (Å²) in [5.41, 5.74) is 0.611. The van der Waals surface area contributed by atoms with Crippen molar-refractivity contribution in [3.63, 3.8) is 0 Å². The van der Waals surface area contributed by atoms with Crippen LogP contribution in [-0.4, -0.2) is 15.7 Å². The molecule has 0 saturated carbocycles. The van der Waals surface area contributed by atoms with Crippen molar-refractivity contribution in [2.75, 3.05) is 5.32 Å². The Morgan fingerprint density at radius 1 is 1.58 bits per heavy atom. The molecule has 96 valence electrons. The topological polar surface area (TPSA) is 70.7 Å². The van der Waals surface area contributed by atoms with E-state index in [1.165, 1.54) is 29.1 Å². The average molecular weight is 370 g/mol. The number of aromatic nitrogens is 2. The molecular formula is C12H8FIN4O. The zero-order valence-electron chi connectivity index (χ0n) is 9.82. The molecule has 2 aromatic rings. The third kappa shape index (κ3) is 2.73. The molecule has 0 aliphatic carbocycles. The zero-order chi connectivity index (χ0) is 14.0. The number of benzene rings is 1. The number of anilines is 1. The summed E-state index contributed by atoms with van der Waals surface area (Å²) >= 11 is 1.88. The Morgan fingerprint density at radius 2 is 2.32 bits per heavy atom. The number of carbonyl (C=O) groups excluding carboxylic acids is 1. The molecule has 1 N–H and O–H groups in total. The van der Waals surface area contributed by atoms with Crippen LogP contribution in [0.25, 0.3) is 0 Å². The molecule has 7 heteroatoms. The lowest BCUT2D eigenvalue weighted by Gasteiger charge is -2.07. The van der Waals surface area contributed by atoms with Crippen LogP contribution >= 0.6 is 22.6 Å². The minimum Gasteiger partial charge on any atom is -0.306 e. The second-order valence-corrected chi connectivity index (χ2v) is 4.88. The molecule has 5 nitrogen and oxygen atoms in total. The largest absolute Gasteiger partial charge is 0.306 e. The van der Waals surface area contributed by atoms with Crippen LogP contribution in [0, 0.1) is 20.7 Å². The van der Waals surface area contributed by atoms with Gasteiger partial charge in [-0.25, -0.2) is 4.39 Å². The van der Waals surface area contributed by atoms with E-state index in [1.54, 1.807) is 7.05 Å². The van der Waals surface area contributed by atoms with Gasteiger partial charge in [0.15, 0.2) is 0 Å². The predicted octanol–water partition coefficient (Wildman–Crippen LogP) is 2.29. The quantitative estimate of drug-likeness (QED) is 0.825. The molecular weight excluding hydrogens is 362 g/mol. The standard InChI is InChI=1S/C12H8FIN4O/c1-18-11(7(5-15)6-16-18)17-12(19)9-3-2-8(13)4-10(9)14/h2-4,6H,1H3,(H,17,19). The van der Waals surface area contributed by atoms with E-state index < -0.39 is 11.7 Å². The molecule has 0 aliphatic rings. The molecule has 0 bridgehead atoms. The minimum atomic E-state index is -0.412. The van der Waals surface area contributed by atoms with E-state index in [-0.39, 0.29) is 5.56 Å². The van der Waals surface area contributed by atoms with E-state index in [0.717, 1.165) is 0 Å². The molecule has 1 aromatic heterocycles. The van der Waals surface area contributed by atoms with Gasteiger partial charge in [-0.05, 0) is 40.8 Å². The van der Waals surface area contributed by atoms with Gasteiger partial charge in [0.2, 0.25) is 0 Å². The van der Waals surface area contributed by atoms with Gasteiger partial charge < -0.3 is 5.32 Å². The van der Waals surface area contributed by atoms with Gasteiger partial charge in [-0.1, -0.05) is 0 Å². The Morgan fingerprint density at radius 3 is 2.95 bits per heavy atom. The van der Waals surface area contributed by atoms with Crippen molar-refractivity contribution in [3.8, 4) is 6.07 Å². The van der Waals surface area contributed by atoms with E-state index in [2.05, 4.69) is 10.4 Å². The van der Waals surface area contributed by atoms with Gasteiger partial charge in [0, 0.05) is 10.6 Å². The van der Waals surface area contributed by atoms with Gasteiger partial charge in [0.05, 0.1) is 11.8 Å². The van der Waals surface area contributed by atoms with E-state index in [9.17, 15) is 9.18 Å². The number of rotatable bonds is 2. The first-order valence-corrected chi connectivity index (χ1v) is 6.29. The molecule has 0 unspecified atom stereocenters. The molecule has 0 spiro atoms. The first-order chi connectivity index (χ1) is 9.02. The number of nitrogens with one attached hydrogen (secondary N) is 1. The summed E-state index contributed by atoms with van der Waals surface area (Å²) in [5.74, 6) is -0.503. The van der Waals surface area contributed by atoms with Crippen LogP contribution in [0.3, 0.4) is 0 Å². The maximum Gasteiger partial charge on any atom is 0.257 e. The van der Waals surface area contributed by atoms with E-state index in [0.29, 0.717) is 15.0 Å². The fourth-order valence-corrected chi connectivity index (χ4v) is 2.24. The second kappa shape index (κ2) is 5.36. The SMILES string of the molecule is Cn1ncc(C#N)c1NC(=O)c1ccc(F)cc1I. The van der Waals surface area contributed by atoms with Gasteiger partial charge in [-0.3, -0.25) is 9.48 Å². The lowest BCUT2D eigenvalue weighted by Crippen LogP contribution is -2.16. The first-order valence-electron chi connectivity index (χ1n) is 5.21. The summed E-state index contributed by atoms with van der Waals surface area (Å²) < 4.78 is 14.9. The lowest BCUT2D eigenvalue weighted by atomic mass is 10.2. The van der Waals surface area contributed by atoms with Crippen LogP contribution in [0.1, 0.15) is 15.9 Å². The van der Waals surface area contributed by atoms with Crippen LogP contribution in [-0.2, 0) is 7.05 Å². The highest BCUT2D eigenvalue weighted by atomic mass is 127. The number of nitrogens with zero attached hydrogens (tertiary/aromatic N) is 3. The van der Waals surface area contributed by atoms with Gasteiger partial charge in [-0.2, -0.15) is 10.4 Å². The smallest absolute Gasteiger partial charge is 0.257 e. The Balaban J connectivity index is 2.31. The van der Waals surface area contributed by atoms with Crippen LogP contribution in [0.5, 0.6) is 0 Å². The van der Waals surface area contributed by atoms with Crippen molar-refractivity contribution in [2.24, 2.45) is 7.05 Å². The third-order valence-electron chi connectivity index (χ3n) is 2.47. The average Bonchev–Trinajstić information content (AvgIpc) is 2.70. The molecule has 0 fully saturated rings. The molecule has 0 radical (unpaired) electrons. The number of amides is 1. The van der Waals surface area contributed by atoms with Crippen molar-refractivity contribution in [3.05, 3.63) is 44.9 Å². The Hall–Kier alpha value is -1.95. The number of nitriles is 1. The predicted molar refractivity (Wildman–Crippen MR) is 75.0 cm³/mol. The normalized spacial score (nSPS) is 10.0. The Bertz CT molecular complexity index is 690.